The number of hydrogen-bond donors (Lipinski definition) is 0. The van der Waals surface area contributed by atoms with Crippen molar-refractivity contribution in [1.29, 1.82) is 0 Å². The molecule has 5 nitrogen and oxygen atoms in total. The Balaban J connectivity index is 3.13. The predicted octanol–water partition coefficient (Wildman–Crippen LogP) is 3.02. The zero-order valence-corrected chi connectivity index (χ0v) is 14.4. The predicted molar refractivity (Wildman–Crippen MR) is 80.0 cm³/mol. The number of ether oxygens (including phenoxy) is 1. The lowest BCUT2D eigenvalue weighted by Crippen LogP contribution is -2.41. The fraction of sp³-hybridized carbons (Fsp3) is 0.545. The number of halogens is 2. The van der Waals surface area contributed by atoms with Gasteiger partial charge in [0.1, 0.15) is 15.8 Å². The van der Waals surface area contributed by atoms with E-state index in [0.717, 1.165) is 15.6 Å². The third kappa shape index (κ3) is 4.08. The number of thiophene rings is 1. The van der Waals surface area contributed by atoms with Crippen molar-refractivity contribution in [2.75, 3.05) is 13.2 Å². The number of hydrogen-bond acceptors (Lipinski definition) is 5. The summed E-state index contributed by atoms with van der Waals surface area (Å²) < 4.78 is 31.2. The van der Waals surface area contributed by atoms with Crippen molar-refractivity contribution in [1.82, 2.24) is 4.31 Å². The highest BCUT2D eigenvalue weighted by Gasteiger charge is 2.32. The largest absolute Gasteiger partial charge is 0.465 e. The molecule has 0 N–H and O–H groups in total. The first-order valence-electron chi connectivity index (χ1n) is 5.82. The molecule has 0 atom stereocenters. The van der Waals surface area contributed by atoms with Crippen LogP contribution in [0.5, 0.6) is 0 Å². The summed E-state index contributed by atoms with van der Waals surface area (Å²) >= 11 is 12.6. The molecule has 0 aromatic carbocycles. The quantitative estimate of drug-likeness (QED) is 0.732. The number of rotatable bonds is 6. The zero-order valence-electron chi connectivity index (χ0n) is 11.2. The first kappa shape index (κ1) is 17.7. The van der Waals surface area contributed by atoms with Gasteiger partial charge in [-0.3, -0.25) is 4.79 Å². The third-order valence-corrected chi connectivity index (χ3v) is 6.15. The van der Waals surface area contributed by atoms with Gasteiger partial charge in [0, 0.05) is 6.04 Å². The van der Waals surface area contributed by atoms with Crippen LogP contribution in [-0.2, 0) is 19.6 Å². The molecule has 0 amide bonds. The van der Waals surface area contributed by atoms with Gasteiger partial charge in [0.2, 0.25) is 10.0 Å². The summed E-state index contributed by atoms with van der Waals surface area (Å²) in [5.41, 5.74) is 0. The summed E-state index contributed by atoms with van der Waals surface area (Å²) in [4.78, 5) is 11.5. The maximum absolute atomic E-state index is 12.5. The van der Waals surface area contributed by atoms with Gasteiger partial charge >= 0.3 is 5.97 Å². The van der Waals surface area contributed by atoms with E-state index in [1.54, 1.807) is 20.8 Å². The van der Waals surface area contributed by atoms with Crippen molar-refractivity contribution >= 4 is 50.5 Å². The Bertz CT molecular complexity index is 583. The minimum absolute atomic E-state index is 0.0736. The van der Waals surface area contributed by atoms with Crippen molar-refractivity contribution in [2.45, 2.75) is 31.7 Å². The number of sulfonamides is 1. The molecule has 114 valence electrons. The second-order valence-corrected chi connectivity index (χ2v) is 8.28. The van der Waals surface area contributed by atoms with E-state index in [9.17, 15) is 13.2 Å². The Kier molecular flexibility index (Phi) is 6.27. The van der Waals surface area contributed by atoms with Crippen LogP contribution in [0.4, 0.5) is 0 Å². The van der Waals surface area contributed by atoms with Crippen LogP contribution < -0.4 is 0 Å². The summed E-state index contributed by atoms with van der Waals surface area (Å²) in [5, 5.41) is 0. The lowest BCUT2D eigenvalue weighted by Gasteiger charge is -2.24. The van der Waals surface area contributed by atoms with Crippen molar-refractivity contribution < 1.29 is 17.9 Å². The van der Waals surface area contributed by atoms with Crippen molar-refractivity contribution in [3.05, 3.63) is 14.7 Å². The molecular weight excluding hydrogens is 345 g/mol. The van der Waals surface area contributed by atoms with Crippen LogP contribution in [0.3, 0.4) is 0 Å². The van der Waals surface area contributed by atoms with E-state index in [2.05, 4.69) is 0 Å². The van der Waals surface area contributed by atoms with E-state index < -0.39 is 22.0 Å². The van der Waals surface area contributed by atoms with Crippen molar-refractivity contribution in [3.63, 3.8) is 0 Å². The molecule has 0 unspecified atom stereocenters. The van der Waals surface area contributed by atoms with Gasteiger partial charge in [-0.15, -0.1) is 11.3 Å². The molecule has 0 saturated heterocycles. The van der Waals surface area contributed by atoms with E-state index in [1.807, 2.05) is 0 Å². The normalized spacial score (nSPS) is 12.2. The van der Waals surface area contributed by atoms with Gasteiger partial charge in [0.05, 0.1) is 10.9 Å². The Morgan fingerprint density at radius 3 is 2.45 bits per heavy atom. The van der Waals surface area contributed by atoms with Crippen molar-refractivity contribution in [3.8, 4) is 0 Å². The van der Waals surface area contributed by atoms with E-state index in [1.165, 1.54) is 6.07 Å². The number of esters is 1. The molecule has 1 rings (SSSR count). The van der Waals surface area contributed by atoms with Crippen molar-refractivity contribution in [2.24, 2.45) is 0 Å². The first-order valence-corrected chi connectivity index (χ1v) is 8.83. The molecule has 1 aromatic heterocycles. The molecule has 0 saturated carbocycles. The summed E-state index contributed by atoms with van der Waals surface area (Å²) in [6, 6.07) is 0.865. The van der Waals surface area contributed by atoms with Crippen LogP contribution >= 0.6 is 34.5 Å². The summed E-state index contributed by atoms with van der Waals surface area (Å²) in [6.45, 7) is 4.81. The molecule has 1 heterocycles. The molecule has 0 radical (unpaired) electrons. The number of carbonyl (C=O) groups excluding carboxylic acids is 1. The minimum atomic E-state index is -3.90. The highest BCUT2D eigenvalue weighted by atomic mass is 35.5. The molecule has 0 fully saturated rings. The van der Waals surface area contributed by atoms with Gasteiger partial charge in [-0.1, -0.05) is 23.2 Å². The van der Waals surface area contributed by atoms with Gasteiger partial charge in [-0.2, -0.15) is 4.31 Å². The molecule has 0 bridgehead atoms. The highest BCUT2D eigenvalue weighted by molar-refractivity contribution is 7.89. The Labute approximate surface area is 132 Å². The highest BCUT2D eigenvalue weighted by Crippen LogP contribution is 2.36. The average Bonchev–Trinajstić information content (AvgIpc) is 2.66. The molecule has 20 heavy (non-hydrogen) atoms. The fourth-order valence-corrected chi connectivity index (χ4v) is 5.20. The Morgan fingerprint density at radius 1 is 1.45 bits per heavy atom. The third-order valence-electron chi connectivity index (χ3n) is 2.38. The molecule has 0 aliphatic rings. The summed E-state index contributed by atoms with van der Waals surface area (Å²) in [6.07, 6.45) is 0. The smallest absolute Gasteiger partial charge is 0.321 e. The van der Waals surface area contributed by atoms with Crippen LogP contribution in [0, 0.1) is 0 Å². The van der Waals surface area contributed by atoms with Gasteiger partial charge in [0.25, 0.3) is 0 Å². The summed E-state index contributed by atoms with van der Waals surface area (Å²) in [7, 11) is -3.90. The molecule has 0 spiro atoms. The monoisotopic (exact) mass is 359 g/mol. The number of nitrogens with zero attached hydrogens (tertiary/aromatic N) is 1. The lowest BCUT2D eigenvalue weighted by molar-refractivity contribution is -0.143. The molecule has 0 aliphatic heterocycles. The second kappa shape index (κ2) is 7.09. The van der Waals surface area contributed by atoms with E-state index in [-0.39, 0.29) is 26.7 Å². The van der Waals surface area contributed by atoms with Crippen LogP contribution in [0.1, 0.15) is 20.8 Å². The molecule has 0 aliphatic carbocycles. The topological polar surface area (TPSA) is 63.7 Å². The lowest BCUT2D eigenvalue weighted by atomic mass is 10.4. The van der Waals surface area contributed by atoms with E-state index >= 15 is 0 Å². The second-order valence-electron chi connectivity index (χ2n) is 4.14. The minimum Gasteiger partial charge on any atom is -0.465 e. The molecular formula is C11H15Cl2NO4S2. The van der Waals surface area contributed by atoms with Crippen LogP contribution in [-0.4, -0.2) is 37.9 Å². The first-order chi connectivity index (χ1) is 9.20. The maximum Gasteiger partial charge on any atom is 0.321 e. The zero-order chi connectivity index (χ0) is 15.5. The molecule has 1 aromatic rings. The fourth-order valence-electron chi connectivity index (χ4n) is 1.51. The van der Waals surface area contributed by atoms with E-state index in [0.29, 0.717) is 0 Å². The summed E-state index contributed by atoms with van der Waals surface area (Å²) in [5.74, 6) is -0.609. The average molecular weight is 360 g/mol. The van der Waals surface area contributed by atoms with Gasteiger partial charge < -0.3 is 4.74 Å². The Morgan fingerprint density at radius 2 is 2.05 bits per heavy atom. The molecule has 9 heteroatoms. The maximum atomic E-state index is 12.5. The standard InChI is InChI=1S/C11H15Cl2NO4S2/c1-4-18-10(15)6-14(7(2)3)20(16,17)8-5-9(12)19-11(8)13/h5,7H,4,6H2,1-3H3. The van der Waals surface area contributed by atoms with E-state index in [4.69, 9.17) is 27.9 Å². The van der Waals surface area contributed by atoms with Gasteiger partial charge in [-0.25, -0.2) is 8.42 Å². The van der Waals surface area contributed by atoms with Gasteiger partial charge in [-0.05, 0) is 26.8 Å². The van der Waals surface area contributed by atoms with Crippen LogP contribution in [0.25, 0.3) is 0 Å². The van der Waals surface area contributed by atoms with Crippen LogP contribution in [0.2, 0.25) is 8.67 Å². The Hall–Kier alpha value is -0.340. The van der Waals surface area contributed by atoms with Gasteiger partial charge in [0.15, 0.2) is 0 Å². The van der Waals surface area contributed by atoms with Crippen LogP contribution in [0.15, 0.2) is 11.0 Å². The SMILES string of the molecule is CCOC(=O)CN(C(C)C)S(=O)(=O)c1cc(Cl)sc1Cl. The number of carbonyl (C=O) groups is 1.